The van der Waals surface area contributed by atoms with E-state index in [0.717, 1.165) is 16.1 Å². The summed E-state index contributed by atoms with van der Waals surface area (Å²) < 4.78 is 6.50. The molecule has 0 aliphatic carbocycles. The van der Waals surface area contributed by atoms with Crippen LogP contribution in [-0.4, -0.2) is 16.1 Å². The minimum absolute atomic E-state index is 0.344. The highest BCUT2D eigenvalue weighted by Gasteiger charge is 2.03. The van der Waals surface area contributed by atoms with E-state index in [2.05, 4.69) is 20.9 Å². The van der Waals surface area contributed by atoms with Gasteiger partial charge >= 0.3 is 5.97 Å². The SMILES string of the molecule is O=C(O)/C=C/c1ccc(OCc2cncc(Br)c2)c(Cl)c1. The Morgan fingerprint density at radius 1 is 1.38 bits per heavy atom. The maximum Gasteiger partial charge on any atom is 0.328 e. The third-order valence-corrected chi connectivity index (χ3v) is 3.26. The predicted molar refractivity (Wildman–Crippen MR) is 84.4 cm³/mol. The maximum atomic E-state index is 10.5. The van der Waals surface area contributed by atoms with Crippen LogP contribution in [0, 0.1) is 0 Å². The Morgan fingerprint density at radius 2 is 2.19 bits per heavy atom. The van der Waals surface area contributed by atoms with Crippen molar-refractivity contribution in [2.24, 2.45) is 0 Å². The number of carbonyl (C=O) groups is 1. The summed E-state index contributed by atoms with van der Waals surface area (Å²) in [6.45, 7) is 0.344. The summed E-state index contributed by atoms with van der Waals surface area (Å²) in [7, 11) is 0. The molecule has 4 nitrogen and oxygen atoms in total. The zero-order valence-electron chi connectivity index (χ0n) is 10.8. The van der Waals surface area contributed by atoms with Gasteiger partial charge in [-0.2, -0.15) is 0 Å². The van der Waals surface area contributed by atoms with Crippen LogP contribution in [0.15, 0.2) is 47.2 Å². The standard InChI is InChI=1S/C15H11BrClNO3/c16-12-5-11(7-18-8-12)9-21-14-3-1-10(6-13(14)17)2-4-15(19)20/h1-8H,9H2,(H,19,20)/b4-2+. The molecule has 0 saturated heterocycles. The largest absolute Gasteiger partial charge is 0.487 e. The second-order valence-electron chi connectivity index (χ2n) is 4.16. The summed E-state index contributed by atoms with van der Waals surface area (Å²) in [4.78, 5) is 14.5. The van der Waals surface area contributed by atoms with Gasteiger partial charge in [0.15, 0.2) is 0 Å². The lowest BCUT2D eigenvalue weighted by Gasteiger charge is -2.08. The number of pyridine rings is 1. The van der Waals surface area contributed by atoms with Crippen LogP contribution < -0.4 is 4.74 Å². The Kier molecular flexibility index (Phi) is 5.36. The molecule has 1 aromatic heterocycles. The molecule has 2 aromatic rings. The summed E-state index contributed by atoms with van der Waals surface area (Å²) in [5.41, 5.74) is 1.61. The number of carboxylic acid groups (broad SMARTS) is 1. The first kappa shape index (κ1) is 15.5. The van der Waals surface area contributed by atoms with Crippen molar-refractivity contribution in [3.8, 4) is 5.75 Å². The Bertz CT molecular complexity index is 688. The van der Waals surface area contributed by atoms with Crippen LogP contribution in [-0.2, 0) is 11.4 Å². The van der Waals surface area contributed by atoms with E-state index in [0.29, 0.717) is 22.9 Å². The summed E-state index contributed by atoms with van der Waals surface area (Å²) in [6.07, 6.45) is 5.93. The molecule has 2 rings (SSSR count). The molecule has 0 aliphatic rings. The van der Waals surface area contributed by atoms with Gasteiger partial charge in [0.1, 0.15) is 12.4 Å². The number of benzene rings is 1. The van der Waals surface area contributed by atoms with E-state index in [1.54, 1.807) is 30.6 Å². The molecule has 108 valence electrons. The number of halogens is 2. The molecule has 1 aromatic carbocycles. The molecule has 0 bridgehead atoms. The van der Waals surface area contributed by atoms with Crippen LogP contribution in [0.4, 0.5) is 0 Å². The molecule has 0 saturated carbocycles. The molecule has 0 spiro atoms. The molecule has 0 amide bonds. The molecule has 0 unspecified atom stereocenters. The van der Waals surface area contributed by atoms with Crippen molar-refractivity contribution in [2.75, 3.05) is 0 Å². The number of ether oxygens (including phenoxy) is 1. The lowest BCUT2D eigenvalue weighted by Crippen LogP contribution is -1.97. The van der Waals surface area contributed by atoms with E-state index in [1.807, 2.05) is 6.07 Å². The zero-order valence-corrected chi connectivity index (χ0v) is 13.1. The number of carboxylic acids is 1. The number of rotatable bonds is 5. The predicted octanol–water partition coefficient (Wildman–Crippen LogP) is 4.17. The number of hydrogen-bond donors (Lipinski definition) is 1. The van der Waals surface area contributed by atoms with E-state index < -0.39 is 5.97 Å². The van der Waals surface area contributed by atoms with Crippen molar-refractivity contribution in [1.29, 1.82) is 0 Å². The highest BCUT2D eigenvalue weighted by atomic mass is 79.9. The van der Waals surface area contributed by atoms with E-state index in [4.69, 9.17) is 21.4 Å². The fraction of sp³-hybridized carbons (Fsp3) is 0.0667. The van der Waals surface area contributed by atoms with Crippen LogP contribution in [0.3, 0.4) is 0 Å². The molecule has 0 radical (unpaired) electrons. The van der Waals surface area contributed by atoms with E-state index in [-0.39, 0.29) is 0 Å². The van der Waals surface area contributed by atoms with Gasteiger partial charge in [-0.3, -0.25) is 4.98 Å². The van der Waals surface area contributed by atoms with Crippen LogP contribution in [0.25, 0.3) is 6.08 Å². The van der Waals surface area contributed by atoms with Gasteiger partial charge in [0.2, 0.25) is 0 Å². The summed E-state index contributed by atoms with van der Waals surface area (Å²) in [5.74, 6) is -0.474. The second kappa shape index (κ2) is 7.24. The normalized spacial score (nSPS) is 10.8. The van der Waals surface area contributed by atoms with Crippen LogP contribution >= 0.6 is 27.5 Å². The third-order valence-electron chi connectivity index (χ3n) is 2.53. The summed E-state index contributed by atoms with van der Waals surface area (Å²) in [6, 6.07) is 7.00. The molecular weight excluding hydrogens is 358 g/mol. The van der Waals surface area contributed by atoms with Crippen LogP contribution in [0.1, 0.15) is 11.1 Å². The molecule has 6 heteroatoms. The van der Waals surface area contributed by atoms with Crippen molar-refractivity contribution in [1.82, 2.24) is 4.98 Å². The monoisotopic (exact) mass is 367 g/mol. The number of aromatic nitrogens is 1. The topological polar surface area (TPSA) is 59.4 Å². The van der Waals surface area contributed by atoms with Crippen molar-refractivity contribution in [3.63, 3.8) is 0 Å². The highest BCUT2D eigenvalue weighted by molar-refractivity contribution is 9.10. The first-order valence-electron chi connectivity index (χ1n) is 5.97. The van der Waals surface area contributed by atoms with Gasteiger partial charge in [-0.1, -0.05) is 17.7 Å². The Balaban J connectivity index is 2.06. The van der Waals surface area contributed by atoms with Gasteiger partial charge in [-0.05, 0) is 45.8 Å². The highest BCUT2D eigenvalue weighted by Crippen LogP contribution is 2.27. The fourth-order valence-electron chi connectivity index (χ4n) is 1.60. The minimum Gasteiger partial charge on any atom is -0.487 e. The molecule has 0 atom stereocenters. The molecule has 0 fully saturated rings. The Morgan fingerprint density at radius 3 is 2.86 bits per heavy atom. The van der Waals surface area contributed by atoms with E-state index in [9.17, 15) is 4.79 Å². The first-order chi connectivity index (χ1) is 10.0. The molecule has 1 heterocycles. The quantitative estimate of drug-likeness (QED) is 0.805. The molecule has 1 N–H and O–H groups in total. The molecule has 0 aliphatic heterocycles. The van der Waals surface area contributed by atoms with Crippen molar-refractivity contribution < 1.29 is 14.6 Å². The maximum absolute atomic E-state index is 10.5. The molecule has 21 heavy (non-hydrogen) atoms. The van der Waals surface area contributed by atoms with Crippen molar-refractivity contribution in [3.05, 3.63) is 63.4 Å². The minimum atomic E-state index is -1.01. The lowest BCUT2D eigenvalue weighted by atomic mass is 10.2. The van der Waals surface area contributed by atoms with Crippen molar-refractivity contribution in [2.45, 2.75) is 6.61 Å². The number of nitrogens with zero attached hydrogens (tertiary/aromatic N) is 1. The summed E-state index contributed by atoms with van der Waals surface area (Å²) in [5, 5.41) is 9.00. The number of aliphatic carboxylic acids is 1. The first-order valence-corrected chi connectivity index (χ1v) is 7.14. The van der Waals surface area contributed by atoms with Gasteiger partial charge in [0.25, 0.3) is 0 Å². The zero-order chi connectivity index (χ0) is 15.2. The third kappa shape index (κ3) is 4.88. The van der Waals surface area contributed by atoms with Gasteiger partial charge in [0.05, 0.1) is 5.02 Å². The number of hydrogen-bond acceptors (Lipinski definition) is 3. The van der Waals surface area contributed by atoms with Crippen molar-refractivity contribution >= 4 is 39.6 Å². The average molecular weight is 369 g/mol. The second-order valence-corrected chi connectivity index (χ2v) is 5.48. The lowest BCUT2D eigenvalue weighted by molar-refractivity contribution is -0.131. The van der Waals surface area contributed by atoms with Gasteiger partial charge in [-0.25, -0.2) is 4.79 Å². The van der Waals surface area contributed by atoms with Gasteiger partial charge < -0.3 is 9.84 Å². The van der Waals surface area contributed by atoms with Gasteiger partial charge in [-0.15, -0.1) is 0 Å². The Labute approximate surface area is 135 Å². The van der Waals surface area contributed by atoms with E-state index >= 15 is 0 Å². The van der Waals surface area contributed by atoms with Crippen LogP contribution in [0.5, 0.6) is 5.75 Å². The molecular formula is C15H11BrClNO3. The average Bonchev–Trinajstić information content (AvgIpc) is 2.44. The van der Waals surface area contributed by atoms with E-state index in [1.165, 1.54) is 6.08 Å². The smallest absolute Gasteiger partial charge is 0.328 e. The van der Waals surface area contributed by atoms with Gasteiger partial charge in [0, 0.05) is 28.5 Å². The summed E-state index contributed by atoms with van der Waals surface area (Å²) >= 11 is 9.45. The fourth-order valence-corrected chi connectivity index (χ4v) is 2.26. The Hall–Kier alpha value is -1.85. The van der Waals surface area contributed by atoms with Crippen LogP contribution in [0.2, 0.25) is 5.02 Å².